The lowest BCUT2D eigenvalue weighted by molar-refractivity contribution is -0.137. The molecule has 0 radical (unpaired) electrons. The lowest BCUT2D eigenvalue weighted by atomic mass is 9.93. The van der Waals surface area contributed by atoms with Crippen molar-refractivity contribution in [1.29, 1.82) is 0 Å². The molecule has 0 bridgehead atoms. The second kappa shape index (κ2) is 9.80. The van der Waals surface area contributed by atoms with E-state index in [0.717, 1.165) is 44.4 Å². The van der Waals surface area contributed by atoms with Crippen LogP contribution in [0.15, 0.2) is 97.5 Å². The van der Waals surface area contributed by atoms with E-state index in [2.05, 4.69) is 51.4 Å². The summed E-state index contributed by atoms with van der Waals surface area (Å²) in [4.78, 5) is 13.1. The van der Waals surface area contributed by atoms with Crippen LogP contribution in [0, 0.1) is 0 Å². The molecule has 7 rings (SSSR count). The van der Waals surface area contributed by atoms with Gasteiger partial charge in [-0.1, -0.05) is 30.3 Å². The van der Waals surface area contributed by atoms with Crippen molar-refractivity contribution in [2.24, 2.45) is 0 Å². The highest BCUT2D eigenvalue weighted by Gasteiger charge is 2.32. The molecule has 7 aromatic rings. The van der Waals surface area contributed by atoms with Gasteiger partial charge in [-0.2, -0.15) is 18.3 Å². The van der Waals surface area contributed by atoms with E-state index in [0.29, 0.717) is 17.1 Å². The molecule has 0 saturated heterocycles. The zero-order chi connectivity index (χ0) is 29.9. The molecule has 3 aromatic heterocycles. The van der Waals surface area contributed by atoms with Gasteiger partial charge >= 0.3 is 6.18 Å². The van der Waals surface area contributed by atoms with E-state index in [9.17, 15) is 18.3 Å². The minimum Gasteiger partial charge on any atom is -0.508 e. The number of nitrogen functional groups attached to an aromatic ring is 1. The quantitative estimate of drug-likeness (QED) is 0.208. The maximum atomic E-state index is 13.7. The van der Waals surface area contributed by atoms with E-state index in [-0.39, 0.29) is 17.1 Å². The Bertz CT molecular complexity index is 2180. The Morgan fingerprint density at radius 3 is 2.23 bits per heavy atom. The zero-order valence-electron chi connectivity index (χ0n) is 22.7. The molecule has 0 amide bonds. The topological polar surface area (TPSA) is 103 Å². The van der Waals surface area contributed by atoms with E-state index >= 15 is 0 Å². The highest BCUT2D eigenvalue weighted by atomic mass is 19.4. The number of nitrogens with two attached hydrogens (primary N) is 1. The summed E-state index contributed by atoms with van der Waals surface area (Å²) >= 11 is 0. The fourth-order valence-electron chi connectivity index (χ4n) is 5.61. The van der Waals surface area contributed by atoms with Crippen molar-refractivity contribution < 1.29 is 18.3 Å². The average molecular weight is 577 g/mol. The number of alkyl halides is 3. The largest absolute Gasteiger partial charge is 0.508 e. The Labute approximate surface area is 243 Å². The van der Waals surface area contributed by atoms with E-state index in [1.54, 1.807) is 10.9 Å². The number of benzene rings is 4. The van der Waals surface area contributed by atoms with Gasteiger partial charge in [-0.25, -0.2) is 14.6 Å². The Hall–Kier alpha value is -5.51. The fourth-order valence-corrected chi connectivity index (χ4v) is 5.61. The number of nitrogens with zero attached hydrogens (tertiary/aromatic N) is 5. The number of hydrogen-bond donors (Lipinski definition) is 2. The molecule has 0 spiro atoms. The van der Waals surface area contributed by atoms with E-state index in [1.807, 2.05) is 37.3 Å². The van der Waals surface area contributed by atoms with Crippen LogP contribution in [0.1, 0.15) is 24.1 Å². The maximum Gasteiger partial charge on any atom is 0.416 e. The van der Waals surface area contributed by atoms with Gasteiger partial charge in [0.25, 0.3) is 0 Å². The van der Waals surface area contributed by atoms with Gasteiger partial charge in [0.15, 0.2) is 5.65 Å². The molecule has 3 N–H and O–H groups in total. The summed E-state index contributed by atoms with van der Waals surface area (Å²) in [5, 5.41) is 19.5. The van der Waals surface area contributed by atoms with Gasteiger partial charge < -0.3 is 10.8 Å². The van der Waals surface area contributed by atoms with Crippen LogP contribution in [0.2, 0.25) is 0 Å². The van der Waals surface area contributed by atoms with E-state index in [4.69, 9.17) is 10.8 Å². The van der Waals surface area contributed by atoms with Crippen molar-refractivity contribution in [2.75, 3.05) is 5.73 Å². The number of aromatic hydroxyl groups is 1. The molecule has 0 aliphatic heterocycles. The summed E-state index contributed by atoms with van der Waals surface area (Å²) in [5.74, 6) is -0.486. The lowest BCUT2D eigenvalue weighted by Gasteiger charge is -2.19. The van der Waals surface area contributed by atoms with Crippen LogP contribution in [0.25, 0.3) is 55.1 Å². The van der Waals surface area contributed by atoms with E-state index in [1.165, 1.54) is 12.4 Å². The second-order valence-corrected chi connectivity index (χ2v) is 10.4. The van der Waals surface area contributed by atoms with Gasteiger partial charge in [0.1, 0.15) is 23.6 Å². The third kappa shape index (κ3) is 4.57. The summed E-state index contributed by atoms with van der Waals surface area (Å²) in [6.07, 6.45) is -1.65. The predicted octanol–water partition coefficient (Wildman–Crippen LogP) is 7.78. The highest BCUT2D eigenvalue weighted by Crippen LogP contribution is 2.40. The van der Waals surface area contributed by atoms with Crippen molar-refractivity contribution >= 4 is 38.4 Å². The van der Waals surface area contributed by atoms with Crippen molar-refractivity contribution in [1.82, 2.24) is 24.7 Å². The normalized spacial score (nSPS) is 12.7. The number of phenolic OH excluding ortho intramolecular Hbond substituents is 1. The number of rotatable bonds is 4. The maximum absolute atomic E-state index is 13.7. The van der Waals surface area contributed by atoms with Gasteiger partial charge in [0.05, 0.1) is 22.7 Å². The van der Waals surface area contributed by atoms with Crippen LogP contribution in [0.5, 0.6) is 5.75 Å². The SMILES string of the molecule is CC(c1cc2cc3ccccc3cc2cc1-c1ccccn1)n1nc(-c2cc(O)cc(C(F)(F)F)c2)c2c(N)ncnc21. The van der Waals surface area contributed by atoms with Crippen LogP contribution in [0.3, 0.4) is 0 Å². The molecule has 0 aliphatic rings. The van der Waals surface area contributed by atoms with Crippen LogP contribution in [-0.2, 0) is 6.18 Å². The number of phenols is 1. The number of halogens is 3. The van der Waals surface area contributed by atoms with E-state index < -0.39 is 23.5 Å². The number of aromatic nitrogens is 5. The molecule has 1 unspecified atom stereocenters. The average Bonchev–Trinajstić information content (AvgIpc) is 3.40. The molecule has 0 aliphatic carbocycles. The van der Waals surface area contributed by atoms with Gasteiger partial charge in [-0.15, -0.1) is 0 Å². The molecule has 10 heteroatoms. The predicted molar refractivity (Wildman–Crippen MR) is 160 cm³/mol. The highest BCUT2D eigenvalue weighted by molar-refractivity contribution is 6.01. The van der Waals surface area contributed by atoms with Gasteiger partial charge in [0, 0.05) is 17.3 Å². The number of anilines is 1. The molecule has 0 fully saturated rings. The Kier molecular flexibility index (Phi) is 6.01. The molecular formula is C33H23F3N6O. The molecule has 43 heavy (non-hydrogen) atoms. The van der Waals surface area contributed by atoms with Crippen molar-refractivity contribution in [3.05, 3.63) is 109 Å². The first-order chi connectivity index (χ1) is 20.7. The zero-order valence-corrected chi connectivity index (χ0v) is 22.7. The molecule has 212 valence electrons. The summed E-state index contributed by atoms with van der Waals surface area (Å²) in [7, 11) is 0. The molecule has 7 nitrogen and oxygen atoms in total. The Morgan fingerprint density at radius 1 is 0.814 bits per heavy atom. The number of hydrogen-bond acceptors (Lipinski definition) is 6. The minimum absolute atomic E-state index is 0.0414. The Morgan fingerprint density at radius 2 is 1.53 bits per heavy atom. The second-order valence-electron chi connectivity index (χ2n) is 10.4. The van der Waals surface area contributed by atoms with Gasteiger partial charge in [-0.3, -0.25) is 4.98 Å². The molecular weight excluding hydrogens is 553 g/mol. The number of fused-ring (bicyclic) bond motifs is 3. The summed E-state index contributed by atoms with van der Waals surface area (Å²) in [5.41, 5.74) is 8.28. The molecule has 4 aromatic carbocycles. The van der Waals surface area contributed by atoms with Gasteiger partial charge in [-0.05, 0) is 88.6 Å². The van der Waals surface area contributed by atoms with Crippen LogP contribution in [0.4, 0.5) is 19.0 Å². The van der Waals surface area contributed by atoms with Crippen molar-refractivity contribution in [2.45, 2.75) is 19.1 Å². The lowest BCUT2D eigenvalue weighted by Crippen LogP contribution is -2.11. The fraction of sp³-hybridized carbons (Fsp3) is 0.0909. The smallest absolute Gasteiger partial charge is 0.416 e. The summed E-state index contributed by atoms with van der Waals surface area (Å²) < 4.78 is 42.6. The number of pyridine rings is 1. The van der Waals surface area contributed by atoms with Crippen LogP contribution in [-0.4, -0.2) is 29.8 Å². The molecule has 3 heterocycles. The summed E-state index contributed by atoms with van der Waals surface area (Å²) in [6.45, 7) is 1.94. The Balaban J connectivity index is 1.48. The monoisotopic (exact) mass is 576 g/mol. The molecule has 1 atom stereocenters. The first-order valence-electron chi connectivity index (χ1n) is 13.5. The van der Waals surface area contributed by atoms with Crippen LogP contribution < -0.4 is 5.73 Å². The molecule has 0 saturated carbocycles. The minimum atomic E-state index is -4.67. The first-order valence-corrected chi connectivity index (χ1v) is 13.5. The van der Waals surface area contributed by atoms with Crippen molar-refractivity contribution in [3.8, 4) is 28.3 Å². The van der Waals surface area contributed by atoms with Crippen LogP contribution >= 0.6 is 0 Å². The third-order valence-electron chi connectivity index (χ3n) is 7.67. The summed E-state index contributed by atoms with van der Waals surface area (Å²) in [6, 6.07) is 24.6. The first kappa shape index (κ1) is 26.4. The van der Waals surface area contributed by atoms with Gasteiger partial charge in [0.2, 0.25) is 0 Å². The standard InChI is InChI=1S/C33H23F3N6O/c1-18(26-14-21-10-19-6-2-3-7-20(19)11-22(21)15-27(26)28-8-4-5-9-38-28)42-32-29(31(37)39-17-40-32)30(41-42)23-12-24(33(34,35)36)16-25(43)13-23/h2-18,43H,1H3,(H2,37,39,40). The van der Waals surface area contributed by atoms with Crippen molar-refractivity contribution in [3.63, 3.8) is 0 Å². The third-order valence-corrected chi connectivity index (χ3v) is 7.67.